The minimum Gasteiger partial charge on any atom is -0.495 e. The largest absolute Gasteiger partial charge is 0.495 e. The van der Waals surface area contributed by atoms with Gasteiger partial charge in [0.15, 0.2) is 0 Å². The van der Waals surface area contributed by atoms with Crippen LogP contribution >= 0.6 is 11.8 Å². The average Bonchev–Trinajstić information content (AvgIpc) is 2.45. The quantitative estimate of drug-likeness (QED) is 0.677. The van der Waals surface area contributed by atoms with Crippen LogP contribution in [0.15, 0.2) is 18.2 Å². The van der Waals surface area contributed by atoms with E-state index in [0.29, 0.717) is 11.4 Å². The van der Waals surface area contributed by atoms with Crippen LogP contribution in [0.3, 0.4) is 0 Å². The number of amides is 1. The van der Waals surface area contributed by atoms with Crippen LogP contribution in [0.25, 0.3) is 0 Å². The zero-order valence-electron chi connectivity index (χ0n) is 14.7. The summed E-state index contributed by atoms with van der Waals surface area (Å²) < 4.78 is 10.6. The maximum atomic E-state index is 11.9. The molecule has 0 spiro atoms. The molecule has 130 valence electrons. The fourth-order valence-electron chi connectivity index (χ4n) is 1.88. The molecule has 0 radical (unpaired) electrons. The lowest BCUT2D eigenvalue weighted by atomic mass is 10.2. The number of thioether (sulfide) groups is 1. The highest BCUT2D eigenvalue weighted by molar-refractivity contribution is 7.99. The van der Waals surface area contributed by atoms with Crippen molar-refractivity contribution in [2.45, 2.75) is 39.7 Å². The number of anilines is 2. The number of hydrogen-bond donors (Lipinski definition) is 2. The van der Waals surface area contributed by atoms with E-state index in [0.717, 1.165) is 30.2 Å². The summed E-state index contributed by atoms with van der Waals surface area (Å²) in [5.41, 5.74) is 0.998. The van der Waals surface area contributed by atoms with Gasteiger partial charge in [0, 0.05) is 12.2 Å². The van der Waals surface area contributed by atoms with Gasteiger partial charge in [-0.1, -0.05) is 6.92 Å². The van der Waals surface area contributed by atoms with E-state index in [1.54, 1.807) is 7.11 Å². The molecule has 0 fully saturated rings. The highest BCUT2D eigenvalue weighted by Crippen LogP contribution is 2.28. The van der Waals surface area contributed by atoms with E-state index in [1.165, 1.54) is 0 Å². The van der Waals surface area contributed by atoms with Crippen molar-refractivity contribution in [2.75, 3.05) is 35.8 Å². The Morgan fingerprint density at radius 3 is 2.65 bits per heavy atom. The van der Waals surface area contributed by atoms with Crippen molar-refractivity contribution in [3.05, 3.63) is 18.2 Å². The molecule has 23 heavy (non-hydrogen) atoms. The number of nitrogens with one attached hydrogen (secondary N) is 2. The molecule has 1 amide bonds. The first kappa shape index (κ1) is 19.5. The van der Waals surface area contributed by atoms with Gasteiger partial charge in [0.2, 0.25) is 0 Å². The molecule has 0 atom stereocenters. The summed E-state index contributed by atoms with van der Waals surface area (Å²) in [6.07, 6.45) is 0.603. The number of hydrogen-bond acceptors (Lipinski definition) is 5. The number of methoxy groups -OCH3 is 1. The predicted molar refractivity (Wildman–Crippen MR) is 99.0 cm³/mol. The molecule has 0 aliphatic heterocycles. The second-order valence-electron chi connectivity index (χ2n) is 6.02. The van der Waals surface area contributed by atoms with Crippen LogP contribution in [0.4, 0.5) is 16.2 Å². The van der Waals surface area contributed by atoms with E-state index in [1.807, 2.05) is 50.7 Å². The Morgan fingerprint density at radius 1 is 1.30 bits per heavy atom. The summed E-state index contributed by atoms with van der Waals surface area (Å²) in [5, 5.41) is 6.09. The van der Waals surface area contributed by atoms with E-state index < -0.39 is 11.7 Å². The Kier molecular flexibility index (Phi) is 8.09. The Balaban J connectivity index is 2.65. The van der Waals surface area contributed by atoms with Crippen LogP contribution < -0.4 is 15.4 Å². The Morgan fingerprint density at radius 2 is 2.04 bits per heavy atom. The van der Waals surface area contributed by atoms with Gasteiger partial charge in [0.1, 0.15) is 11.4 Å². The van der Waals surface area contributed by atoms with Gasteiger partial charge in [0.05, 0.1) is 12.8 Å². The van der Waals surface area contributed by atoms with Crippen LogP contribution in [-0.2, 0) is 4.74 Å². The van der Waals surface area contributed by atoms with E-state index in [2.05, 4.69) is 17.6 Å². The summed E-state index contributed by atoms with van der Waals surface area (Å²) in [6, 6.07) is 5.62. The molecule has 1 rings (SSSR count). The Bertz CT molecular complexity index is 501. The molecule has 0 unspecified atom stereocenters. The van der Waals surface area contributed by atoms with Gasteiger partial charge >= 0.3 is 6.09 Å². The molecule has 0 heterocycles. The number of carbonyl (C=O) groups excluding carboxylic acids is 1. The zero-order valence-corrected chi connectivity index (χ0v) is 15.5. The Hall–Kier alpha value is -1.56. The standard InChI is InChI=1S/C17H28N2O3S/c1-6-23-11-7-10-18-13-8-9-15(21-5)14(12-13)19-16(20)22-17(2,3)4/h8-9,12,18H,6-7,10-11H2,1-5H3,(H,19,20). The van der Waals surface area contributed by atoms with E-state index in [9.17, 15) is 4.79 Å². The van der Waals surface area contributed by atoms with E-state index >= 15 is 0 Å². The molecule has 0 bridgehead atoms. The van der Waals surface area contributed by atoms with E-state index in [-0.39, 0.29) is 0 Å². The fourth-order valence-corrected chi connectivity index (χ4v) is 2.52. The van der Waals surface area contributed by atoms with Gasteiger partial charge in [-0.3, -0.25) is 5.32 Å². The van der Waals surface area contributed by atoms with Gasteiger partial charge in [0.25, 0.3) is 0 Å². The molecule has 0 saturated carbocycles. The highest BCUT2D eigenvalue weighted by atomic mass is 32.2. The van der Waals surface area contributed by atoms with Crippen LogP contribution in [0, 0.1) is 0 Å². The van der Waals surface area contributed by atoms with E-state index in [4.69, 9.17) is 9.47 Å². The number of benzene rings is 1. The zero-order chi connectivity index (χ0) is 17.3. The average molecular weight is 340 g/mol. The Labute approximate surface area is 143 Å². The molecule has 6 heteroatoms. The summed E-state index contributed by atoms with van der Waals surface area (Å²) in [4.78, 5) is 11.9. The van der Waals surface area contributed by atoms with Gasteiger partial charge in [-0.05, 0) is 56.9 Å². The third kappa shape index (κ3) is 8.02. The minimum atomic E-state index is -0.538. The molecule has 0 aliphatic carbocycles. The van der Waals surface area contributed by atoms with Crippen molar-refractivity contribution < 1.29 is 14.3 Å². The second kappa shape index (κ2) is 9.55. The predicted octanol–water partition coefficient (Wildman–Crippen LogP) is 4.60. The maximum Gasteiger partial charge on any atom is 0.412 e. The first-order valence-electron chi connectivity index (χ1n) is 7.85. The first-order valence-corrected chi connectivity index (χ1v) is 9.01. The third-order valence-corrected chi connectivity index (χ3v) is 3.82. The summed E-state index contributed by atoms with van der Waals surface area (Å²) >= 11 is 1.93. The van der Waals surface area contributed by atoms with Crippen molar-refractivity contribution in [3.63, 3.8) is 0 Å². The van der Waals surface area contributed by atoms with Crippen LogP contribution in [0.5, 0.6) is 5.75 Å². The second-order valence-corrected chi connectivity index (χ2v) is 7.41. The van der Waals surface area contributed by atoms with Crippen molar-refractivity contribution in [2.24, 2.45) is 0 Å². The van der Waals surface area contributed by atoms with Gasteiger partial charge in [-0.15, -0.1) is 0 Å². The first-order chi connectivity index (χ1) is 10.9. The van der Waals surface area contributed by atoms with Crippen molar-refractivity contribution in [1.82, 2.24) is 0 Å². The lowest BCUT2D eigenvalue weighted by Gasteiger charge is -2.20. The highest BCUT2D eigenvalue weighted by Gasteiger charge is 2.17. The molecule has 5 nitrogen and oxygen atoms in total. The molecule has 0 aromatic heterocycles. The summed E-state index contributed by atoms with van der Waals surface area (Å²) in [6.45, 7) is 8.55. The van der Waals surface area contributed by atoms with Gasteiger partial charge < -0.3 is 14.8 Å². The normalized spacial score (nSPS) is 11.0. The van der Waals surface area contributed by atoms with Crippen LogP contribution in [-0.4, -0.2) is 36.9 Å². The molecule has 2 N–H and O–H groups in total. The lowest BCUT2D eigenvalue weighted by Crippen LogP contribution is -2.27. The summed E-state index contributed by atoms with van der Waals surface area (Å²) in [7, 11) is 1.57. The molecular formula is C17H28N2O3S. The monoisotopic (exact) mass is 340 g/mol. The molecule has 0 saturated heterocycles. The topological polar surface area (TPSA) is 59.6 Å². The molecule has 0 aliphatic rings. The smallest absolute Gasteiger partial charge is 0.412 e. The molecule has 1 aromatic carbocycles. The SMILES string of the molecule is CCSCCCNc1ccc(OC)c(NC(=O)OC(C)(C)C)c1. The van der Waals surface area contributed by atoms with Crippen molar-refractivity contribution in [3.8, 4) is 5.75 Å². The maximum absolute atomic E-state index is 11.9. The number of carbonyl (C=O) groups is 1. The minimum absolute atomic E-state index is 0.493. The fraction of sp³-hybridized carbons (Fsp3) is 0.588. The number of ether oxygens (including phenoxy) is 2. The number of rotatable bonds is 8. The third-order valence-electron chi connectivity index (χ3n) is 2.83. The van der Waals surface area contributed by atoms with Crippen LogP contribution in [0.1, 0.15) is 34.1 Å². The van der Waals surface area contributed by atoms with Crippen molar-refractivity contribution in [1.29, 1.82) is 0 Å². The van der Waals surface area contributed by atoms with Crippen LogP contribution in [0.2, 0.25) is 0 Å². The lowest BCUT2D eigenvalue weighted by molar-refractivity contribution is 0.0635. The summed E-state index contributed by atoms with van der Waals surface area (Å²) in [5.74, 6) is 2.89. The van der Waals surface area contributed by atoms with Gasteiger partial charge in [-0.2, -0.15) is 11.8 Å². The molecule has 1 aromatic rings. The van der Waals surface area contributed by atoms with Crippen molar-refractivity contribution >= 4 is 29.2 Å². The molecular weight excluding hydrogens is 312 g/mol. The van der Waals surface area contributed by atoms with Gasteiger partial charge in [-0.25, -0.2) is 4.79 Å².